The minimum atomic E-state index is 0.0279. The molecule has 164 valence electrons. The van der Waals surface area contributed by atoms with E-state index in [1.165, 1.54) is 10.9 Å². The topological polar surface area (TPSA) is 61.7 Å². The molecule has 3 aromatic rings. The smallest absolute Gasteiger partial charge is 0.253 e. The van der Waals surface area contributed by atoms with Gasteiger partial charge in [0.25, 0.3) is 5.91 Å². The maximum atomic E-state index is 12.1. The number of nitrogens with one attached hydrogen (secondary N) is 2. The van der Waals surface area contributed by atoms with Crippen LogP contribution in [0, 0.1) is 0 Å². The van der Waals surface area contributed by atoms with Gasteiger partial charge in [0.05, 0.1) is 0 Å². The number of aliphatic imine (C=N–C) groups is 1. The molecule has 0 bridgehead atoms. The first-order chi connectivity index (χ1) is 15.1. The number of aryl methyl sites for hydroxylation is 1. The average molecular weight is 420 g/mol. The lowest BCUT2D eigenvalue weighted by Crippen LogP contribution is -2.38. The van der Waals surface area contributed by atoms with Crippen LogP contribution in [-0.4, -0.2) is 55.1 Å². The highest BCUT2D eigenvalue weighted by atomic mass is 16.2. The molecule has 0 spiro atoms. The van der Waals surface area contributed by atoms with Crippen molar-refractivity contribution in [2.75, 3.05) is 33.7 Å². The van der Waals surface area contributed by atoms with Gasteiger partial charge in [-0.15, -0.1) is 0 Å². The average Bonchev–Trinajstić information content (AvgIpc) is 3.19. The van der Waals surface area contributed by atoms with Gasteiger partial charge in [-0.1, -0.05) is 30.3 Å². The van der Waals surface area contributed by atoms with Gasteiger partial charge in [-0.25, -0.2) is 0 Å². The van der Waals surface area contributed by atoms with E-state index < -0.39 is 0 Å². The van der Waals surface area contributed by atoms with Gasteiger partial charge < -0.3 is 20.1 Å². The number of hydrogen-bond donors (Lipinski definition) is 2. The quantitative estimate of drug-likeness (QED) is 0.317. The van der Waals surface area contributed by atoms with Crippen LogP contribution >= 0.6 is 0 Å². The summed E-state index contributed by atoms with van der Waals surface area (Å²) in [5.74, 6) is 0.862. The van der Waals surface area contributed by atoms with Gasteiger partial charge in [0, 0.05) is 57.6 Å². The van der Waals surface area contributed by atoms with Gasteiger partial charge in [-0.2, -0.15) is 0 Å². The molecular weight excluding hydrogens is 386 g/mol. The third kappa shape index (κ3) is 6.35. The summed E-state index contributed by atoms with van der Waals surface area (Å²) < 4.78 is 2.28. The molecule has 0 atom stereocenters. The number of hydrogen-bond acceptors (Lipinski definition) is 2. The van der Waals surface area contributed by atoms with Crippen molar-refractivity contribution in [1.29, 1.82) is 0 Å². The fraction of sp³-hybridized carbons (Fsp3) is 0.360. The van der Waals surface area contributed by atoms with E-state index in [4.69, 9.17) is 4.99 Å². The zero-order valence-electron chi connectivity index (χ0n) is 18.8. The maximum Gasteiger partial charge on any atom is 0.253 e. The Morgan fingerprint density at radius 2 is 1.90 bits per heavy atom. The van der Waals surface area contributed by atoms with Gasteiger partial charge >= 0.3 is 0 Å². The Labute approximate surface area is 185 Å². The third-order valence-electron chi connectivity index (χ3n) is 5.14. The molecular formula is C25H33N5O. The number of guanidine groups is 1. The minimum Gasteiger partial charge on any atom is -0.357 e. The van der Waals surface area contributed by atoms with Crippen molar-refractivity contribution in [1.82, 2.24) is 20.1 Å². The normalized spacial score (nSPS) is 11.5. The minimum absolute atomic E-state index is 0.0279. The first-order valence-corrected chi connectivity index (χ1v) is 10.9. The lowest BCUT2D eigenvalue weighted by atomic mass is 10.1. The zero-order valence-corrected chi connectivity index (χ0v) is 18.8. The number of carbonyl (C=O) groups is 1. The molecule has 0 unspecified atom stereocenters. The number of nitrogens with zero attached hydrogens (tertiary/aromatic N) is 3. The summed E-state index contributed by atoms with van der Waals surface area (Å²) in [6.45, 7) is 5.35. The summed E-state index contributed by atoms with van der Waals surface area (Å²) in [6, 6.07) is 18.4. The first kappa shape index (κ1) is 22.4. The van der Waals surface area contributed by atoms with Gasteiger partial charge in [0.1, 0.15) is 0 Å². The van der Waals surface area contributed by atoms with Crippen LogP contribution in [0.2, 0.25) is 0 Å². The largest absolute Gasteiger partial charge is 0.357 e. The molecule has 1 amide bonds. The van der Waals surface area contributed by atoms with Gasteiger partial charge in [-0.05, 0) is 55.0 Å². The Kier molecular flexibility index (Phi) is 8.10. The molecule has 1 aromatic heterocycles. The Balaban J connectivity index is 1.48. The monoisotopic (exact) mass is 419 g/mol. The predicted octanol–water partition coefficient (Wildman–Crippen LogP) is 3.53. The van der Waals surface area contributed by atoms with Crippen LogP contribution in [0.3, 0.4) is 0 Å². The Morgan fingerprint density at radius 1 is 1.06 bits per heavy atom. The van der Waals surface area contributed by atoms with Crippen molar-refractivity contribution < 1.29 is 4.79 Å². The van der Waals surface area contributed by atoms with Crippen LogP contribution in [0.15, 0.2) is 65.8 Å². The molecule has 2 N–H and O–H groups in total. The zero-order chi connectivity index (χ0) is 22.1. The third-order valence-corrected chi connectivity index (χ3v) is 5.14. The van der Waals surface area contributed by atoms with Crippen LogP contribution < -0.4 is 10.6 Å². The van der Waals surface area contributed by atoms with E-state index in [9.17, 15) is 4.79 Å². The summed E-state index contributed by atoms with van der Waals surface area (Å²) in [5.41, 5.74) is 3.13. The summed E-state index contributed by atoms with van der Waals surface area (Å²) in [4.78, 5) is 18.5. The summed E-state index contributed by atoms with van der Waals surface area (Å²) >= 11 is 0. The maximum absolute atomic E-state index is 12.1. The molecule has 31 heavy (non-hydrogen) atoms. The SMILES string of the molecule is CCNC(=NCCCn1ccc2ccccc21)NCCc1cccc(C(=O)N(C)C)c1. The second-order valence-electron chi connectivity index (χ2n) is 7.76. The lowest BCUT2D eigenvalue weighted by molar-refractivity contribution is 0.0827. The Hall–Kier alpha value is -3.28. The van der Waals surface area contributed by atoms with E-state index in [2.05, 4.69) is 64.7 Å². The van der Waals surface area contributed by atoms with Crippen LogP contribution in [-0.2, 0) is 13.0 Å². The highest BCUT2D eigenvalue weighted by molar-refractivity contribution is 5.94. The number of aromatic nitrogens is 1. The van der Waals surface area contributed by atoms with Crippen molar-refractivity contribution in [3.63, 3.8) is 0 Å². The molecule has 3 rings (SSSR count). The molecule has 1 heterocycles. The molecule has 0 aliphatic heterocycles. The highest BCUT2D eigenvalue weighted by Gasteiger charge is 2.08. The van der Waals surface area contributed by atoms with Gasteiger partial charge in [0.2, 0.25) is 0 Å². The fourth-order valence-corrected chi connectivity index (χ4v) is 3.55. The van der Waals surface area contributed by atoms with E-state index in [0.29, 0.717) is 0 Å². The number of rotatable bonds is 9. The summed E-state index contributed by atoms with van der Waals surface area (Å²) in [7, 11) is 3.54. The standard InChI is InChI=1S/C25H33N5O/c1-4-26-25(27-15-8-17-30-18-14-21-10-5-6-12-23(21)30)28-16-13-20-9-7-11-22(19-20)24(31)29(2)3/h5-7,9-12,14,18-19H,4,8,13,15-17H2,1-3H3,(H2,26,27,28). The Morgan fingerprint density at radius 3 is 2.71 bits per heavy atom. The van der Waals surface area contributed by atoms with Crippen LogP contribution in [0.25, 0.3) is 10.9 Å². The van der Waals surface area contributed by atoms with Crippen molar-refractivity contribution >= 4 is 22.8 Å². The number of fused-ring (bicyclic) bond motifs is 1. The van der Waals surface area contributed by atoms with Crippen LogP contribution in [0.5, 0.6) is 0 Å². The highest BCUT2D eigenvalue weighted by Crippen LogP contribution is 2.15. The van der Waals surface area contributed by atoms with E-state index in [-0.39, 0.29) is 5.91 Å². The lowest BCUT2D eigenvalue weighted by Gasteiger charge is -2.13. The number of carbonyl (C=O) groups excluding carboxylic acids is 1. The molecule has 0 radical (unpaired) electrons. The molecule has 0 aliphatic rings. The van der Waals surface area contributed by atoms with E-state index in [0.717, 1.165) is 56.1 Å². The molecule has 0 fully saturated rings. The van der Waals surface area contributed by atoms with Crippen LogP contribution in [0.4, 0.5) is 0 Å². The number of para-hydroxylation sites is 1. The number of benzene rings is 2. The second kappa shape index (κ2) is 11.2. The van der Waals surface area contributed by atoms with Crippen molar-refractivity contribution in [2.45, 2.75) is 26.3 Å². The molecule has 0 saturated heterocycles. The van der Waals surface area contributed by atoms with Crippen LogP contribution in [0.1, 0.15) is 29.3 Å². The summed E-state index contributed by atoms with van der Waals surface area (Å²) in [5, 5.41) is 7.98. The second-order valence-corrected chi connectivity index (χ2v) is 7.76. The van der Waals surface area contributed by atoms with Crippen molar-refractivity contribution in [2.24, 2.45) is 4.99 Å². The molecule has 0 saturated carbocycles. The first-order valence-electron chi connectivity index (χ1n) is 10.9. The molecule has 0 aliphatic carbocycles. The Bertz CT molecular complexity index is 1020. The molecule has 6 heteroatoms. The van der Waals surface area contributed by atoms with Crippen molar-refractivity contribution in [3.05, 3.63) is 71.9 Å². The number of amides is 1. The summed E-state index contributed by atoms with van der Waals surface area (Å²) in [6.07, 6.45) is 3.95. The van der Waals surface area contributed by atoms with E-state index in [1.807, 2.05) is 18.2 Å². The fourth-order valence-electron chi connectivity index (χ4n) is 3.55. The predicted molar refractivity (Wildman–Crippen MR) is 129 cm³/mol. The van der Waals surface area contributed by atoms with Crippen molar-refractivity contribution in [3.8, 4) is 0 Å². The van der Waals surface area contributed by atoms with Gasteiger partial charge in [-0.3, -0.25) is 9.79 Å². The molecule has 2 aromatic carbocycles. The van der Waals surface area contributed by atoms with E-state index >= 15 is 0 Å². The van der Waals surface area contributed by atoms with Gasteiger partial charge in [0.15, 0.2) is 5.96 Å². The van der Waals surface area contributed by atoms with E-state index in [1.54, 1.807) is 19.0 Å². The molecule has 6 nitrogen and oxygen atoms in total.